The van der Waals surface area contributed by atoms with Crippen molar-refractivity contribution in [3.8, 4) is 0 Å². The van der Waals surface area contributed by atoms with Gasteiger partial charge in [0.15, 0.2) is 0 Å². The lowest BCUT2D eigenvalue weighted by atomic mass is 10.2. The van der Waals surface area contributed by atoms with Crippen LogP contribution >= 0.6 is 11.6 Å². The third-order valence-electron chi connectivity index (χ3n) is 2.22. The molecular formula is C14H20ClNO3. The van der Waals surface area contributed by atoms with Crippen molar-refractivity contribution in [2.45, 2.75) is 13.8 Å². The molecule has 0 heterocycles. The first-order chi connectivity index (χ1) is 9.08. The maximum Gasteiger partial charge on any atom is 0.325 e. The van der Waals surface area contributed by atoms with E-state index in [1.54, 1.807) is 24.3 Å². The summed E-state index contributed by atoms with van der Waals surface area (Å²) in [4.78, 5) is 11.4. The molecule has 0 aliphatic rings. The fourth-order valence-corrected chi connectivity index (χ4v) is 1.45. The minimum atomic E-state index is -0.303. The molecule has 1 N–H and O–H groups in total. The summed E-state index contributed by atoms with van der Waals surface area (Å²) in [6.07, 6.45) is 0. The molecule has 0 atom stereocenters. The maximum absolute atomic E-state index is 11.4. The Bertz CT molecular complexity index is 379. The van der Waals surface area contributed by atoms with Crippen molar-refractivity contribution in [3.63, 3.8) is 0 Å². The van der Waals surface area contributed by atoms with Crippen LogP contribution in [0.15, 0.2) is 24.3 Å². The van der Waals surface area contributed by atoms with E-state index in [0.29, 0.717) is 24.2 Å². The number of rotatable bonds is 8. The van der Waals surface area contributed by atoms with Crippen LogP contribution in [0, 0.1) is 5.92 Å². The Hall–Kier alpha value is -1.26. The van der Waals surface area contributed by atoms with E-state index in [4.69, 9.17) is 21.1 Å². The Morgan fingerprint density at radius 1 is 1.26 bits per heavy atom. The smallest absolute Gasteiger partial charge is 0.325 e. The van der Waals surface area contributed by atoms with E-state index in [1.807, 2.05) is 0 Å². The Morgan fingerprint density at radius 3 is 2.58 bits per heavy atom. The summed E-state index contributed by atoms with van der Waals surface area (Å²) in [6, 6.07) is 7.13. The highest BCUT2D eigenvalue weighted by atomic mass is 35.5. The molecular weight excluding hydrogens is 266 g/mol. The van der Waals surface area contributed by atoms with Gasteiger partial charge in [0, 0.05) is 17.3 Å². The lowest BCUT2D eigenvalue weighted by molar-refractivity contribution is -0.143. The van der Waals surface area contributed by atoms with Gasteiger partial charge >= 0.3 is 5.97 Å². The molecule has 0 saturated carbocycles. The topological polar surface area (TPSA) is 47.6 Å². The van der Waals surface area contributed by atoms with Crippen LogP contribution in [0.2, 0.25) is 5.02 Å². The first-order valence-corrected chi connectivity index (χ1v) is 6.68. The molecule has 19 heavy (non-hydrogen) atoms. The number of esters is 1. The summed E-state index contributed by atoms with van der Waals surface area (Å²) in [5, 5.41) is 3.62. The normalized spacial score (nSPS) is 10.5. The molecule has 0 amide bonds. The van der Waals surface area contributed by atoms with Crippen LogP contribution in [0.4, 0.5) is 5.69 Å². The van der Waals surface area contributed by atoms with Gasteiger partial charge in [-0.25, -0.2) is 0 Å². The van der Waals surface area contributed by atoms with Gasteiger partial charge in [0.25, 0.3) is 0 Å². The van der Waals surface area contributed by atoms with Crippen LogP contribution in [0.3, 0.4) is 0 Å². The predicted octanol–water partition coefficient (Wildman–Crippen LogP) is 2.97. The van der Waals surface area contributed by atoms with E-state index in [1.165, 1.54) is 0 Å². The zero-order valence-corrected chi connectivity index (χ0v) is 12.1. The molecule has 0 unspecified atom stereocenters. The van der Waals surface area contributed by atoms with Crippen LogP contribution < -0.4 is 5.32 Å². The molecule has 0 aliphatic heterocycles. The maximum atomic E-state index is 11.4. The van der Waals surface area contributed by atoms with Crippen LogP contribution in [0.25, 0.3) is 0 Å². The van der Waals surface area contributed by atoms with Crippen LogP contribution in [0.5, 0.6) is 0 Å². The summed E-state index contributed by atoms with van der Waals surface area (Å²) < 4.78 is 10.3. The molecule has 106 valence electrons. The van der Waals surface area contributed by atoms with Gasteiger partial charge in [-0.15, -0.1) is 0 Å². The van der Waals surface area contributed by atoms with Crippen molar-refractivity contribution in [1.82, 2.24) is 0 Å². The zero-order valence-electron chi connectivity index (χ0n) is 11.3. The van der Waals surface area contributed by atoms with Gasteiger partial charge in [0.05, 0.1) is 6.61 Å². The lowest BCUT2D eigenvalue weighted by Crippen LogP contribution is -2.19. The molecule has 0 radical (unpaired) electrons. The van der Waals surface area contributed by atoms with Crippen molar-refractivity contribution in [3.05, 3.63) is 29.3 Å². The number of hydrogen-bond acceptors (Lipinski definition) is 4. The van der Waals surface area contributed by atoms with Gasteiger partial charge in [0.1, 0.15) is 13.2 Å². The van der Waals surface area contributed by atoms with E-state index in [0.717, 1.165) is 5.69 Å². The molecule has 0 spiro atoms. The molecule has 0 saturated heterocycles. The van der Waals surface area contributed by atoms with E-state index >= 15 is 0 Å². The highest BCUT2D eigenvalue weighted by molar-refractivity contribution is 6.30. The third kappa shape index (κ3) is 7.70. The second-order valence-electron chi connectivity index (χ2n) is 4.55. The fraction of sp³-hybridized carbons (Fsp3) is 0.500. The van der Waals surface area contributed by atoms with Crippen molar-refractivity contribution in [1.29, 1.82) is 0 Å². The molecule has 1 aromatic rings. The number of benzene rings is 1. The molecule has 1 aromatic carbocycles. The van der Waals surface area contributed by atoms with Crippen molar-refractivity contribution < 1.29 is 14.3 Å². The lowest BCUT2D eigenvalue weighted by Gasteiger charge is -2.09. The monoisotopic (exact) mass is 285 g/mol. The Kier molecular flexibility index (Phi) is 7.30. The van der Waals surface area contributed by atoms with Crippen molar-refractivity contribution in [2.24, 2.45) is 5.92 Å². The van der Waals surface area contributed by atoms with Gasteiger partial charge in [-0.1, -0.05) is 25.4 Å². The summed E-state index contributed by atoms with van der Waals surface area (Å²) in [5.41, 5.74) is 0.831. The molecule has 0 fully saturated rings. The minimum Gasteiger partial charge on any atom is -0.462 e. The zero-order chi connectivity index (χ0) is 14.1. The molecule has 0 aliphatic carbocycles. The van der Waals surface area contributed by atoms with E-state index in [2.05, 4.69) is 19.2 Å². The predicted molar refractivity (Wildman–Crippen MR) is 76.6 cm³/mol. The molecule has 0 bridgehead atoms. The highest BCUT2D eigenvalue weighted by Gasteiger charge is 2.02. The summed E-state index contributed by atoms with van der Waals surface area (Å²) in [6.45, 7) is 5.68. The largest absolute Gasteiger partial charge is 0.462 e. The number of carbonyl (C=O) groups excluding carboxylic acids is 1. The highest BCUT2D eigenvalue weighted by Crippen LogP contribution is 2.12. The summed E-state index contributed by atoms with van der Waals surface area (Å²) in [7, 11) is 0. The summed E-state index contributed by atoms with van der Waals surface area (Å²) >= 11 is 5.76. The third-order valence-corrected chi connectivity index (χ3v) is 2.47. The first kappa shape index (κ1) is 15.8. The van der Waals surface area contributed by atoms with Gasteiger partial charge in [-0.3, -0.25) is 4.79 Å². The van der Waals surface area contributed by atoms with Gasteiger partial charge in [0.2, 0.25) is 0 Å². The second kappa shape index (κ2) is 8.77. The number of nitrogens with one attached hydrogen (secondary N) is 1. The van der Waals surface area contributed by atoms with Crippen LogP contribution in [0.1, 0.15) is 13.8 Å². The molecule has 0 aromatic heterocycles. The molecule has 4 nitrogen and oxygen atoms in total. The molecule has 1 rings (SSSR count). The van der Waals surface area contributed by atoms with E-state index in [-0.39, 0.29) is 19.1 Å². The minimum absolute atomic E-state index is 0.131. The number of hydrogen-bond donors (Lipinski definition) is 1. The number of ether oxygens (including phenoxy) is 2. The Labute approximate surface area is 119 Å². The van der Waals surface area contributed by atoms with E-state index < -0.39 is 0 Å². The fourth-order valence-electron chi connectivity index (χ4n) is 1.33. The Balaban J connectivity index is 2.09. The van der Waals surface area contributed by atoms with Gasteiger partial charge < -0.3 is 14.8 Å². The van der Waals surface area contributed by atoms with Crippen LogP contribution in [-0.2, 0) is 14.3 Å². The number of carbonyl (C=O) groups is 1. The quantitative estimate of drug-likeness (QED) is 0.589. The number of halogens is 1. The van der Waals surface area contributed by atoms with Gasteiger partial charge in [-0.05, 0) is 30.2 Å². The standard InChI is InChI=1S/C14H20ClNO3/c1-11(2)10-18-7-8-19-14(17)9-16-13-5-3-12(15)4-6-13/h3-6,11,16H,7-10H2,1-2H3. The number of anilines is 1. The first-order valence-electron chi connectivity index (χ1n) is 6.30. The average Bonchev–Trinajstić information content (AvgIpc) is 2.37. The van der Waals surface area contributed by atoms with Crippen molar-refractivity contribution >= 4 is 23.3 Å². The molecule has 5 heteroatoms. The summed E-state index contributed by atoms with van der Waals surface area (Å²) in [5.74, 6) is 0.186. The second-order valence-corrected chi connectivity index (χ2v) is 4.99. The SMILES string of the molecule is CC(C)COCCOC(=O)CNc1ccc(Cl)cc1. The van der Waals surface area contributed by atoms with Gasteiger partial charge in [-0.2, -0.15) is 0 Å². The van der Waals surface area contributed by atoms with Crippen molar-refractivity contribution in [2.75, 3.05) is 31.7 Å². The Morgan fingerprint density at radius 2 is 1.95 bits per heavy atom. The van der Waals surface area contributed by atoms with E-state index in [9.17, 15) is 4.79 Å². The average molecular weight is 286 g/mol. The van der Waals surface area contributed by atoms with Crippen LogP contribution in [-0.4, -0.2) is 32.3 Å².